The summed E-state index contributed by atoms with van der Waals surface area (Å²) < 4.78 is 1.00. The van der Waals surface area contributed by atoms with Gasteiger partial charge in [0.15, 0.2) is 0 Å². The Balaban J connectivity index is -0.0000000315. The van der Waals surface area contributed by atoms with Gasteiger partial charge in [-0.15, -0.1) is 0 Å². The number of nitrogens with zero attached hydrogens (tertiary/aromatic N) is 1. The number of rotatable bonds is 0. The summed E-state index contributed by atoms with van der Waals surface area (Å²) in [6.07, 6.45) is 0. The van der Waals surface area contributed by atoms with E-state index in [0.29, 0.717) is 0 Å². The molecule has 1 nitrogen and oxygen atoms in total. The molecule has 0 aliphatic rings. The maximum Gasteiger partial charge on any atom is 0.0675 e. The van der Waals surface area contributed by atoms with Gasteiger partial charge in [-0.25, -0.2) is 0 Å². The molecule has 0 aromatic rings. The average Bonchev–Trinajstić information content (AvgIpc) is 1.72. The van der Waals surface area contributed by atoms with Gasteiger partial charge in [0.2, 0.25) is 0 Å². The molecular weight excluding hydrogens is 697 g/mol. The third-order valence-electron chi connectivity index (χ3n) is 0. The molecule has 0 heterocycles. The summed E-state index contributed by atoms with van der Waals surface area (Å²) in [5.74, 6) is 0. The second kappa shape index (κ2) is 18.4. The summed E-state index contributed by atoms with van der Waals surface area (Å²) in [4.78, 5) is 0. The molecule has 0 bridgehead atoms. The van der Waals surface area contributed by atoms with Gasteiger partial charge < -0.3 is 28.5 Å². The van der Waals surface area contributed by atoms with E-state index in [2.05, 4.69) is 103 Å². The van der Waals surface area contributed by atoms with Crippen molar-refractivity contribution in [2.24, 2.45) is 0 Å². The van der Waals surface area contributed by atoms with E-state index in [9.17, 15) is 0 Å². The first-order valence-electron chi connectivity index (χ1n) is 2.07. The minimum Gasteiger partial charge on any atom is -1.00 e. The second-order valence-electron chi connectivity index (χ2n) is 2.68. The molecule has 0 spiro atoms. The van der Waals surface area contributed by atoms with Gasteiger partial charge in [0.25, 0.3) is 0 Å². The highest BCUT2D eigenvalue weighted by Crippen LogP contribution is 1.89. The van der Waals surface area contributed by atoms with E-state index in [-0.39, 0.29) is 24.0 Å². The third kappa shape index (κ3) is 100. The molecule has 0 N–H and O–H groups in total. The molecule has 0 saturated carbocycles. The number of halogens is 5. The standard InChI is InChI=1S/C4H12N.2I2.HI/c1-5(2,3)4;2*1-2;/h1-4H3;;;1H/q+1;;;/p-1. The van der Waals surface area contributed by atoms with Gasteiger partial charge in [0.1, 0.15) is 0 Å². The van der Waals surface area contributed by atoms with Crippen molar-refractivity contribution in [1.82, 2.24) is 0 Å². The molecule has 0 radical (unpaired) electrons. The van der Waals surface area contributed by atoms with Crippen molar-refractivity contribution in [1.29, 1.82) is 0 Å². The Morgan fingerprint density at radius 2 is 0.700 bits per heavy atom. The molecule has 0 atom stereocenters. The molecule has 0 aliphatic carbocycles. The molecule has 0 rings (SSSR count). The lowest BCUT2D eigenvalue weighted by atomic mass is 10.8. The van der Waals surface area contributed by atoms with Crippen LogP contribution in [0, 0.1) is 0 Å². The van der Waals surface area contributed by atoms with E-state index in [1.165, 1.54) is 0 Å². The van der Waals surface area contributed by atoms with Crippen LogP contribution in [-0.2, 0) is 0 Å². The molecule has 0 aromatic heterocycles. The summed E-state index contributed by atoms with van der Waals surface area (Å²) in [5, 5.41) is 0. The predicted molar refractivity (Wildman–Crippen MR) is 80.0 cm³/mol. The van der Waals surface area contributed by atoms with Crippen molar-refractivity contribution >= 4 is 74.5 Å². The van der Waals surface area contributed by atoms with Crippen LogP contribution in [0.5, 0.6) is 0 Å². The SMILES string of the molecule is C[N+](C)(C)C.II.II.[I-]. The lowest BCUT2D eigenvalue weighted by Crippen LogP contribution is -3.00. The van der Waals surface area contributed by atoms with Crippen molar-refractivity contribution < 1.29 is 28.5 Å². The number of hydrogen-bond acceptors (Lipinski definition) is 0. The van der Waals surface area contributed by atoms with Crippen LogP contribution in [0.4, 0.5) is 0 Å². The average molecular weight is 709 g/mol. The molecule has 10 heavy (non-hydrogen) atoms. The highest BCUT2D eigenvalue weighted by atomic mass is 128. The fourth-order valence-electron chi connectivity index (χ4n) is 0. The molecule has 0 aromatic carbocycles. The van der Waals surface area contributed by atoms with Gasteiger partial charge in [-0.2, -0.15) is 0 Å². The Hall–Kier alpha value is 3.61. The van der Waals surface area contributed by atoms with Crippen molar-refractivity contribution in [2.75, 3.05) is 28.2 Å². The first-order chi connectivity index (χ1) is 4.00. The molecule has 6 heteroatoms. The van der Waals surface area contributed by atoms with Gasteiger partial charge >= 0.3 is 0 Å². The minimum atomic E-state index is 0. The summed E-state index contributed by atoms with van der Waals surface area (Å²) in [6, 6.07) is 0. The summed E-state index contributed by atoms with van der Waals surface area (Å²) in [6.45, 7) is 0. The molecule has 0 amide bonds. The van der Waals surface area contributed by atoms with Gasteiger partial charge in [0.05, 0.1) is 28.2 Å². The zero-order valence-electron chi connectivity index (χ0n) is 6.34. The van der Waals surface area contributed by atoms with E-state index in [1.807, 2.05) is 0 Å². The Morgan fingerprint density at radius 1 is 0.700 bits per heavy atom. The number of hydrogen-bond donors (Lipinski definition) is 0. The Labute approximate surface area is 128 Å². The topological polar surface area (TPSA) is 0 Å². The molecule has 68 valence electrons. The van der Waals surface area contributed by atoms with E-state index in [0.717, 1.165) is 4.48 Å². The normalized spacial score (nSPS) is 7.20. The zero-order chi connectivity index (χ0) is 8.50. The number of quaternary nitrogens is 1. The smallest absolute Gasteiger partial charge is 0.0675 e. The Kier molecular flexibility index (Phi) is 43.1. The van der Waals surface area contributed by atoms with E-state index < -0.39 is 0 Å². The third-order valence-corrected chi connectivity index (χ3v) is 0. The van der Waals surface area contributed by atoms with Gasteiger partial charge in [0, 0.05) is 74.5 Å². The maximum atomic E-state index is 2.12. The molecule has 0 unspecified atom stereocenters. The van der Waals surface area contributed by atoms with Crippen LogP contribution in [0.3, 0.4) is 0 Å². The lowest BCUT2D eigenvalue weighted by Gasteiger charge is -2.14. The summed E-state index contributed by atoms with van der Waals surface area (Å²) in [7, 11) is 8.50. The Bertz CT molecular complexity index is 29.1. The highest BCUT2D eigenvalue weighted by Gasteiger charge is 1.88. The second-order valence-corrected chi connectivity index (χ2v) is 2.68. The fourth-order valence-corrected chi connectivity index (χ4v) is 0. The zero-order valence-corrected chi connectivity index (χ0v) is 17.1. The molecule has 0 saturated heterocycles. The van der Waals surface area contributed by atoms with Crippen LogP contribution >= 0.6 is 74.5 Å². The maximum absolute atomic E-state index is 2.12. The first-order valence-corrected chi connectivity index (χ1v) is 14.6. The van der Waals surface area contributed by atoms with Crippen molar-refractivity contribution in [2.45, 2.75) is 0 Å². The van der Waals surface area contributed by atoms with E-state index >= 15 is 0 Å². The monoisotopic (exact) mass is 709 g/mol. The van der Waals surface area contributed by atoms with Crippen LogP contribution in [0.25, 0.3) is 0 Å². The van der Waals surface area contributed by atoms with E-state index in [1.54, 1.807) is 0 Å². The first kappa shape index (κ1) is 23.4. The van der Waals surface area contributed by atoms with Crippen LogP contribution < -0.4 is 24.0 Å². The minimum absolute atomic E-state index is 0. The summed E-state index contributed by atoms with van der Waals surface area (Å²) >= 11 is 8.48. The van der Waals surface area contributed by atoms with Crippen LogP contribution in [0.15, 0.2) is 0 Å². The quantitative estimate of drug-likeness (QED) is 0.259. The molecule has 0 fully saturated rings. The van der Waals surface area contributed by atoms with Crippen LogP contribution in [0.2, 0.25) is 0 Å². The molecular formula is C4H12I5N. The van der Waals surface area contributed by atoms with Crippen molar-refractivity contribution in [3.63, 3.8) is 0 Å². The van der Waals surface area contributed by atoms with Crippen molar-refractivity contribution in [3.8, 4) is 0 Å². The van der Waals surface area contributed by atoms with Gasteiger partial charge in [-0.1, -0.05) is 0 Å². The van der Waals surface area contributed by atoms with Crippen molar-refractivity contribution in [3.05, 3.63) is 0 Å². The van der Waals surface area contributed by atoms with Gasteiger partial charge in [-0.3, -0.25) is 0 Å². The predicted octanol–water partition coefficient (Wildman–Crippen LogP) is 0.869. The van der Waals surface area contributed by atoms with Crippen LogP contribution in [0.1, 0.15) is 0 Å². The highest BCUT2D eigenvalue weighted by molar-refractivity contribution is 15.0. The Morgan fingerprint density at radius 3 is 0.700 bits per heavy atom. The van der Waals surface area contributed by atoms with Crippen LogP contribution in [-0.4, -0.2) is 32.7 Å². The summed E-state index contributed by atoms with van der Waals surface area (Å²) in [5.41, 5.74) is 0. The largest absolute Gasteiger partial charge is 1.00 e. The molecule has 0 aliphatic heterocycles. The van der Waals surface area contributed by atoms with Gasteiger partial charge in [-0.05, 0) is 0 Å². The lowest BCUT2D eigenvalue weighted by molar-refractivity contribution is -0.849. The fraction of sp³-hybridized carbons (Fsp3) is 1.00. The van der Waals surface area contributed by atoms with E-state index in [4.69, 9.17) is 0 Å².